The van der Waals surface area contributed by atoms with Crippen molar-refractivity contribution in [2.45, 2.75) is 39.3 Å². The average Bonchev–Trinajstić information content (AvgIpc) is 3.34. The lowest BCUT2D eigenvalue weighted by Gasteiger charge is -2.39. The molecular weight excluding hydrogens is 412 g/mol. The highest BCUT2D eigenvalue weighted by Crippen LogP contribution is 2.41. The zero-order chi connectivity index (χ0) is 22.9. The normalized spacial score (nSPS) is 17.5. The van der Waals surface area contributed by atoms with Gasteiger partial charge >= 0.3 is 0 Å². The van der Waals surface area contributed by atoms with Gasteiger partial charge in [-0.15, -0.1) is 10.2 Å². The van der Waals surface area contributed by atoms with E-state index >= 15 is 0 Å². The Kier molecular flexibility index (Phi) is 5.42. The fraction of sp³-hybridized carbons (Fsp3) is 0.222. The molecule has 1 N–H and O–H groups in total. The summed E-state index contributed by atoms with van der Waals surface area (Å²) in [7, 11) is 0. The molecule has 2 heterocycles. The molecule has 0 spiro atoms. The van der Waals surface area contributed by atoms with E-state index < -0.39 is 0 Å². The lowest BCUT2D eigenvalue weighted by Crippen LogP contribution is -2.43. The fourth-order valence-corrected chi connectivity index (χ4v) is 4.69. The van der Waals surface area contributed by atoms with E-state index in [0.29, 0.717) is 5.89 Å². The Labute approximate surface area is 193 Å². The fourth-order valence-electron chi connectivity index (χ4n) is 4.69. The van der Waals surface area contributed by atoms with Crippen molar-refractivity contribution in [1.82, 2.24) is 10.2 Å². The summed E-state index contributed by atoms with van der Waals surface area (Å²) >= 11 is 0. The number of aromatic nitrogens is 2. The topological polar surface area (TPSA) is 71.3 Å². The summed E-state index contributed by atoms with van der Waals surface area (Å²) in [4.78, 5) is 14.4. The minimum Gasteiger partial charge on any atom is -0.423 e. The van der Waals surface area contributed by atoms with Crippen LogP contribution >= 0.6 is 0 Å². The van der Waals surface area contributed by atoms with Crippen molar-refractivity contribution in [2.24, 2.45) is 0 Å². The van der Waals surface area contributed by atoms with Crippen LogP contribution in [0.3, 0.4) is 0 Å². The SMILES string of the molecule is CC(=O)N1c2ccc(-c3cccc(C)c3)cc2[C@H](Nc2ccc(-c3nnco3)cc2)C[C@@H]1C. The summed E-state index contributed by atoms with van der Waals surface area (Å²) in [6.07, 6.45) is 2.14. The van der Waals surface area contributed by atoms with Crippen LogP contribution in [0.1, 0.15) is 37.4 Å². The predicted octanol–water partition coefficient (Wildman–Crippen LogP) is 6.01. The van der Waals surface area contributed by atoms with Gasteiger partial charge in [-0.05, 0) is 73.4 Å². The molecule has 1 aromatic heterocycles. The molecule has 0 aliphatic carbocycles. The second-order valence-corrected chi connectivity index (χ2v) is 8.63. The largest absolute Gasteiger partial charge is 0.423 e. The van der Waals surface area contributed by atoms with Gasteiger partial charge in [0.2, 0.25) is 18.2 Å². The molecule has 0 bridgehead atoms. The third-order valence-corrected chi connectivity index (χ3v) is 6.20. The first kappa shape index (κ1) is 20.9. The highest BCUT2D eigenvalue weighted by Gasteiger charge is 2.32. The molecule has 166 valence electrons. The molecular formula is C27H26N4O2. The molecule has 2 atom stereocenters. The Morgan fingerprint density at radius 2 is 1.79 bits per heavy atom. The van der Waals surface area contributed by atoms with Gasteiger partial charge in [-0.2, -0.15) is 0 Å². The zero-order valence-electron chi connectivity index (χ0n) is 18.9. The lowest BCUT2D eigenvalue weighted by atomic mass is 9.88. The maximum atomic E-state index is 12.5. The van der Waals surface area contributed by atoms with Crippen LogP contribution in [0.5, 0.6) is 0 Å². The molecule has 0 radical (unpaired) electrons. The molecule has 5 rings (SSSR count). The molecule has 33 heavy (non-hydrogen) atoms. The Morgan fingerprint density at radius 3 is 2.48 bits per heavy atom. The molecule has 6 nitrogen and oxygen atoms in total. The first-order chi connectivity index (χ1) is 16.0. The van der Waals surface area contributed by atoms with Crippen LogP contribution in [-0.2, 0) is 4.79 Å². The van der Waals surface area contributed by atoms with E-state index in [9.17, 15) is 4.79 Å². The minimum absolute atomic E-state index is 0.0643. The Bertz CT molecular complexity index is 1280. The number of amides is 1. The van der Waals surface area contributed by atoms with Crippen molar-refractivity contribution in [3.8, 4) is 22.6 Å². The number of rotatable bonds is 4. The highest BCUT2D eigenvalue weighted by molar-refractivity contribution is 5.94. The summed E-state index contributed by atoms with van der Waals surface area (Å²) in [5.41, 5.74) is 7.52. The third kappa shape index (κ3) is 4.12. The smallest absolute Gasteiger partial charge is 0.247 e. The van der Waals surface area contributed by atoms with E-state index in [4.69, 9.17) is 4.42 Å². The van der Waals surface area contributed by atoms with Gasteiger partial charge in [0.05, 0.1) is 6.04 Å². The molecule has 0 fully saturated rings. The van der Waals surface area contributed by atoms with Crippen molar-refractivity contribution < 1.29 is 9.21 Å². The number of hydrogen-bond acceptors (Lipinski definition) is 5. The molecule has 3 aromatic carbocycles. The van der Waals surface area contributed by atoms with Gasteiger partial charge in [-0.1, -0.05) is 35.9 Å². The third-order valence-electron chi connectivity index (χ3n) is 6.20. The summed E-state index contributed by atoms with van der Waals surface area (Å²) in [6.45, 7) is 5.84. The summed E-state index contributed by atoms with van der Waals surface area (Å²) < 4.78 is 5.29. The summed E-state index contributed by atoms with van der Waals surface area (Å²) in [5, 5.41) is 11.4. The number of carbonyl (C=O) groups is 1. The number of carbonyl (C=O) groups excluding carboxylic acids is 1. The predicted molar refractivity (Wildman–Crippen MR) is 130 cm³/mol. The average molecular weight is 439 g/mol. The number of nitrogens with zero attached hydrogens (tertiary/aromatic N) is 3. The number of nitrogens with one attached hydrogen (secondary N) is 1. The van der Waals surface area contributed by atoms with Crippen LogP contribution in [0, 0.1) is 6.92 Å². The first-order valence-corrected chi connectivity index (χ1v) is 11.1. The number of aryl methyl sites for hydroxylation is 1. The van der Waals surface area contributed by atoms with E-state index in [1.807, 2.05) is 29.2 Å². The standard InChI is InChI=1S/C27H26N4O2/c1-17-5-4-6-21(13-17)22-9-12-26-24(15-22)25(14-18(2)31(26)19(3)32)29-23-10-7-20(8-11-23)27-30-28-16-33-27/h4-13,15-16,18,25,29H,14H2,1-3H3/t18-,25+/m0/s1. The maximum absolute atomic E-state index is 12.5. The monoisotopic (exact) mass is 438 g/mol. The van der Waals surface area contributed by atoms with Gasteiger partial charge in [0.25, 0.3) is 0 Å². The van der Waals surface area contributed by atoms with Gasteiger partial charge in [-0.3, -0.25) is 4.79 Å². The zero-order valence-corrected chi connectivity index (χ0v) is 18.9. The van der Waals surface area contributed by atoms with E-state index in [-0.39, 0.29) is 18.0 Å². The van der Waals surface area contributed by atoms with Gasteiger partial charge in [0.1, 0.15) is 0 Å². The molecule has 0 unspecified atom stereocenters. The van der Waals surface area contributed by atoms with Crippen LogP contribution in [0.4, 0.5) is 11.4 Å². The van der Waals surface area contributed by atoms with Crippen LogP contribution in [0.25, 0.3) is 22.6 Å². The lowest BCUT2D eigenvalue weighted by molar-refractivity contribution is -0.117. The summed E-state index contributed by atoms with van der Waals surface area (Å²) in [5.74, 6) is 0.562. The molecule has 6 heteroatoms. The van der Waals surface area contributed by atoms with E-state index in [1.54, 1.807) is 6.92 Å². The number of hydrogen-bond donors (Lipinski definition) is 1. The minimum atomic E-state index is 0.0643. The Hall–Kier alpha value is -3.93. The Balaban J connectivity index is 1.51. The highest BCUT2D eigenvalue weighted by atomic mass is 16.4. The number of anilines is 2. The van der Waals surface area contributed by atoms with E-state index in [0.717, 1.165) is 34.5 Å². The molecule has 4 aromatic rings. The van der Waals surface area contributed by atoms with Crippen molar-refractivity contribution >= 4 is 17.3 Å². The van der Waals surface area contributed by atoms with Crippen LogP contribution < -0.4 is 10.2 Å². The van der Waals surface area contributed by atoms with Gasteiger partial charge < -0.3 is 14.6 Å². The molecule has 0 saturated carbocycles. The Morgan fingerprint density at radius 1 is 1.03 bits per heavy atom. The molecule has 0 saturated heterocycles. The van der Waals surface area contributed by atoms with Crippen molar-refractivity contribution in [2.75, 3.05) is 10.2 Å². The second kappa shape index (κ2) is 8.54. The number of benzene rings is 3. The van der Waals surface area contributed by atoms with Crippen molar-refractivity contribution in [3.63, 3.8) is 0 Å². The van der Waals surface area contributed by atoms with Crippen LogP contribution in [0.2, 0.25) is 0 Å². The summed E-state index contributed by atoms with van der Waals surface area (Å²) in [6, 6.07) is 23.0. The molecule has 1 amide bonds. The quantitative estimate of drug-likeness (QED) is 0.422. The van der Waals surface area contributed by atoms with Crippen LogP contribution in [-0.4, -0.2) is 22.1 Å². The van der Waals surface area contributed by atoms with Gasteiger partial charge in [0, 0.05) is 29.9 Å². The van der Waals surface area contributed by atoms with E-state index in [1.165, 1.54) is 17.5 Å². The van der Waals surface area contributed by atoms with E-state index in [2.05, 4.69) is 71.8 Å². The van der Waals surface area contributed by atoms with Gasteiger partial charge in [0.15, 0.2) is 0 Å². The maximum Gasteiger partial charge on any atom is 0.247 e. The number of fused-ring (bicyclic) bond motifs is 1. The van der Waals surface area contributed by atoms with Crippen molar-refractivity contribution in [1.29, 1.82) is 0 Å². The first-order valence-electron chi connectivity index (χ1n) is 11.1. The van der Waals surface area contributed by atoms with Gasteiger partial charge in [-0.25, -0.2) is 0 Å². The van der Waals surface area contributed by atoms with Crippen molar-refractivity contribution in [3.05, 3.63) is 84.3 Å². The van der Waals surface area contributed by atoms with Crippen LogP contribution in [0.15, 0.2) is 77.5 Å². The molecule has 1 aliphatic rings. The molecule has 1 aliphatic heterocycles. The second-order valence-electron chi connectivity index (χ2n) is 8.63.